The van der Waals surface area contributed by atoms with E-state index in [4.69, 9.17) is 11.6 Å². The van der Waals surface area contributed by atoms with Gasteiger partial charge in [0.15, 0.2) is 11.5 Å². The van der Waals surface area contributed by atoms with Crippen molar-refractivity contribution in [2.45, 2.75) is 6.18 Å². The zero-order valence-electron chi connectivity index (χ0n) is 16.2. The Labute approximate surface area is 187 Å². The summed E-state index contributed by atoms with van der Waals surface area (Å²) in [5.41, 5.74) is -0.614. The zero-order chi connectivity index (χ0) is 23.8. The fourth-order valence-corrected chi connectivity index (χ4v) is 3.00. The van der Waals surface area contributed by atoms with Gasteiger partial charge in [-0.3, -0.25) is 0 Å². The number of carboxylic acids is 1. The normalized spacial score (nSPS) is 11.4. The van der Waals surface area contributed by atoms with Crippen LogP contribution in [0.3, 0.4) is 0 Å². The molecule has 0 radical (unpaired) electrons. The average molecular weight is 479 g/mol. The summed E-state index contributed by atoms with van der Waals surface area (Å²) in [6, 6.07) is 7.23. The molecule has 1 aromatic carbocycles. The van der Waals surface area contributed by atoms with Crippen LogP contribution in [0, 0.1) is 5.82 Å². The third kappa shape index (κ3) is 4.75. The SMILES string of the molecule is O=C(O)c1cc(-c2cnc(Nc3ccc(F)c(Cl)c3)nc2-n2ccc(C(F)(F)F)n2)ccn1. The predicted molar refractivity (Wildman–Crippen MR) is 109 cm³/mol. The lowest BCUT2D eigenvalue weighted by atomic mass is 10.1. The van der Waals surface area contributed by atoms with Crippen molar-refractivity contribution in [3.8, 4) is 16.9 Å². The van der Waals surface area contributed by atoms with Crippen LogP contribution in [0.5, 0.6) is 0 Å². The molecule has 3 heterocycles. The van der Waals surface area contributed by atoms with E-state index in [9.17, 15) is 27.5 Å². The van der Waals surface area contributed by atoms with E-state index in [2.05, 4.69) is 25.4 Å². The van der Waals surface area contributed by atoms with Crippen LogP contribution >= 0.6 is 11.6 Å². The van der Waals surface area contributed by atoms with Crippen LogP contribution in [0.15, 0.2) is 55.0 Å². The van der Waals surface area contributed by atoms with Gasteiger partial charge in [0.1, 0.15) is 11.5 Å². The summed E-state index contributed by atoms with van der Waals surface area (Å²) in [7, 11) is 0. The molecule has 168 valence electrons. The lowest BCUT2D eigenvalue weighted by molar-refractivity contribution is -0.141. The molecule has 0 spiro atoms. The summed E-state index contributed by atoms with van der Waals surface area (Å²) in [6.07, 6.45) is -1.10. The van der Waals surface area contributed by atoms with Gasteiger partial charge in [0.2, 0.25) is 5.95 Å². The molecule has 2 N–H and O–H groups in total. The van der Waals surface area contributed by atoms with Gasteiger partial charge < -0.3 is 10.4 Å². The van der Waals surface area contributed by atoms with Gasteiger partial charge in [-0.05, 0) is 42.0 Å². The van der Waals surface area contributed by atoms with Gasteiger partial charge in [0, 0.05) is 29.8 Å². The van der Waals surface area contributed by atoms with Crippen molar-refractivity contribution in [2.24, 2.45) is 0 Å². The second-order valence-electron chi connectivity index (χ2n) is 6.56. The minimum Gasteiger partial charge on any atom is -0.477 e. The van der Waals surface area contributed by atoms with Crippen LogP contribution in [-0.4, -0.2) is 35.8 Å². The highest BCUT2D eigenvalue weighted by molar-refractivity contribution is 6.31. The molecule has 0 aliphatic carbocycles. The summed E-state index contributed by atoms with van der Waals surface area (Å²) < 4.78 is 53.5. The molecule has 4 aromatic rings. The molecule has 33 heavy (non-hydrogen) atoms. The minimum absolute atomic E-state index is 0.0482. The van der Waals surface area contributed by atoms with Crippen molar-refractivity contribution in [3.05, 3.63) is 77.2 Å². The Morgan fingerprint density at radius 3 is 2.58 bits per heavy atom. The van der Waals surface area contributed by atoms with Crippen LogP contribution in [-0.2, 0) is 6.18 Å². The summed E-state index contributed by atoms with van der Waals surface area (Å²) in [4.78, 5) is 23.4. The highest BCUT2D eigenvalue weighted by atomic mass is 35.5. The monoisotopic (exact) mass is 478 g/mol. The van der Waals surface area contributed by atoms with Gasteiger partial charge in [-0.1, -0.05) is 11.6 Å². The van der Waals surface area contributed by atoms with E-state index in [1.165, 1.54) is 36.7 Å². The summed E-state index contributed by atoms with van der Waals surface area (Å²) in [5.74, 6) is -2.04. The van der Waals surface area contributed by atoms with Gasteiger partial charge in [-0.15, -0.1) is 0 Å². The first-order chi connectivity index (χ1) is 15.6. The molecular formula is C20H11ClF4N6O2. The van der Waals surface area contributed by atoms with Crippen molar-refractivity contribution in [1.29, 1.82) is 0 Å². The fourth-order valence-electron chi connectivity index (χ4n) is 2.82. The number of pyridine rings is 1. The Bertz CT molecular complexity index is 1360. The second-order valence-corrected chi connectivity index (χ2v) is 6.97. The number of nitrogens with one attached hydrogen (secondary N) is 1. The lowest BCUT2D eigenvalue weighted by Gasteiger charge is -2.12. The molecule has 3 aromatic heterocycles. The number of nitrogens with zero attached hydrogens (tertiary/aromatic N) is 5. The Balaban J connectivity index is 1.82. The van der Waals surface area contributed by atoms with Crippen molar-refractivity contribution in [2.75, 3.05) is 5.32 Å². The standard InChI is InChI=1S/C20H11ClF4N6O2/c21-13-8-11(1-2-14(13)22)28-19-27-9-12(10-3-5-26-15(7-10)18(32)33)17(29-19)31-6-4-16(30-31)20(23,24)25/h1-9H,(H,32,33)(H,27,28,29). The minimum atomic E-state index is -4.68. The Morgan fingerprint density at radius 2 is 1.91 bits per heavy atom. The van der Waals surface area contributed by atoms with E-state index in [0.29, 0.717) is 5.69 Å². The van der Waals surface area contributed by atoms with E-state index in [1.807, 2.05) is 0 Å². The highest BCUT2D eigenvalue weighted by Crippen LogP contribution is 2.31. The van der Waals surface area contributed by atoms with Crippen molar-refractivity contribution in [1.82, 2.24) is 24.7 Å². The van der Waals surface area contributed by atoms with E-state index in [0.717, 1.165) is 23.0 Å². The number of aromatic carboxylic acids is 1. The quantitative estimate of drug-likeness (QED) is 0.390. The third-order valence-corrected chi connectivity index (χ3v) is 4.62. The molecule has 0 aliphatic heterocycles. The summed E-state index contributed by atoms with van der Waals surface area (Å²) in [6.45, 7) is 0. The number of aromatic nitrogens is 5. The maximum atomic E-state index is 13.4. The molecule has 13 heteroatoms. The molecule has 0 atom stereocenters. The van der Waals surface area contributed by atoms with Crippen LogP contribution in [0.4, 0.5) is 29.2 Å². The predicted octanol–water partition coefficient (Wildman–Crippen LogP) is 4.98. The van der Waals surface area contributed by atoms with E-state index < -0.39 is 23.7 Å². The first kappa shape index (κ1) is 22.1. The zero-order valence-corrected chi connectivity index (χ0v) is 16.9. The highest BCUT2D eigenvalue weighted by Gasteiger charge is 2.34. The molecular weight excluding hydrogens is 468 g/mol. The van der Waals surface area contributed by atoms with Gasteiger partial charge in [0.25, 0.3) is 0 Å². The Morgan fingerprint density at radius 1 is 1.12 bits per heavy atom. The van der Waals surface area contributed by atoms with Crippen LogP contribution in [0.25, 0.3) is 16.9 Å². The van der Waals surface area contributed by atoms with Gasteiger partial charge >= 0.3 is 12.1 Å². The van der Waals surface area contributed by atoms with Gasteiger partial charge in [0.05, 0.1) is 5.02 Å². The number of rotatable bonds is 5. The molecule has 0 bridgehead atoms. The van der Waals surface area contributed by atoms with Crippen molar-refractivity contribution >= 4 is 29.2 Å². The molecule has 8 nitrogen and oxygen atoms in total. The van der Waals surface area contributed by atoms with E-state index in [-0.39, 0.29) is 33.6 Å². The molecule has 0 saturated heterocycles. The number of benzene rings is 1. The summed E-state index contributed by atoms with van der Waals surface area (Å²) >= 11 is 5.77. The molecule has 0 amide bonds. The van der Waals surface area contributed by atoms with E-state index >= 15 is 0 Å². The number of carbonyl (C=O) groups is 1. The first-order valence-corrected chi connectivity index (χ1v) is 9.41. The lowest BCUT2D eigenvalue weighted by Crippen LogP contribution is -2.10. The smallest absolute Gasteiger partial charge is 0.435 e. The van der Waals surface area contributed by atoms with E-state index in [1.54, 1.807) is 0 Å². The van der Waals surface area contributed by atoms with Crippen LogP contribution in [0.2, 0.25) is 5.02 Å². The number of hydrogen-bond donors (Lipinski definition) is 2. The third-order valence-electron chi connectivity index (χ3n) is 4.33. The maximum absolute atomic E-state index is 13.4. The number of halogens is 5. The van der Waals surface area contributed by atoms with Gasteiger partial charge in [-0.2, -0.15) is 23.3 Å². The molecule has 0 aliphatic rings. The number of alkyl halides is 3. The summed E-state index contributed by atoms with van der Waals surface area (Å²) in [5, 5.41) is 15.4. The number of carboxylic acid groups (broad SMARTS) is 1. The van der Waals surface area contributed by atoms with Crippen molar-refractivity contribution < 1.29 is 27.5 Å². The molecule has 4 rings (SSSR count). The number of anilines is 2. The number of hydrogen-bond acceptors (Lipinski definition) is 6. The topological polar surface area (TPSA) is 106 Å². The van der Waals surface area contributed by atoms with Gasteiger partial charge in [-0.25, -0.2) is 23.8 Å². The average Bonchev–Trinajstić information content (AvgIpc) is 3.27. The maximum Gasteiger partial charge on any atom is 0.435 e. The molecule has 0 fully saturated rings. The largest absolute Gasteiger partial charge is 0.477 e. The van der Waals surface area contributed by atoms with Crippen molar-refractivity contribution in [3.63, 3.8) is 0 Å². The second kappa shape index (κ2) is 8.47. The van der Waals surface area contributed by atoms with Crippen LogP contribution < -0.4 is 5.32 Å². The molecule has 0 saturated carbocycles. The Kier molecular flexibility index (Phi) is 5.68. The van der Waals surface area contributed by atoms with Crippen LogP contribution in [0.1, 0.15) is 16.2 Å². The first-order valence-electron chi connectivity index (χ1n) is 9.04. The Hall–Kier alpha value is -4.06. The fraction of sp³-hybridized carbons (Fsp3) is 0.0500. The molecule has 0 unspecified atom stereocenters.